The first-order valence-corrected chi connectivity index (χ1v) is 9.70. The zero-order chi connectivity index (χ0) is 19.5. The fourth-order valence-corrected chi connectivity index (χ4v) is 2.96. The van der Waals surface area contributed by atoms with E-state index in [-0.39, 0.29) is 24.4 Å². The number of benzene rings is 1. The molecule has 1 heterocycles. The predicted molar refractivity (Wildman–Crippen MR) is 91.1 cm³/mol. The third-order valence-corrected chi connectivity index (χ3v) is 4.61. The van der Waals surface area contributed by atoms with Crippen LogP contribution in [0.15, 0.2) is 28.0 Å². The molecule has 13 nitrogen and oxygen atoms in total. The molecule has 1 aromatic carbocycles. The number of nitrogen functional groups attached to an aromatic ring is 1. The molecule has 0 radical (unpaired) electrons. The fourth-order valence-electron chi connectivity index (χ4n) is 1.82. The fraction of sp³-hybridized carbons (Fsp3) is 0.182. The summed E-state index contributed by atoms with van der Waals surface area (Å²) in [5.41, 5.74) is 10.5. The highest BCUT2D eigenvalue weighted by Crippen LogP contribution is 2.27. The Morgan fingerprint density at radius 1 is 1.00 bits per heavy atom. The summed E-state index contributed by atoms with van der Waals surface area (Å²) >= 11 is 0. The van der Waals surface area contributed by atoms with Gasteiger partial charge in [-0.3, -0.25) is 9.11 Å². The summed E-state index contributed by atoms with van der Waals surface area (Å²) < 4.78 is 63.9. The van der Waals surface area contributed by atoms with E-state index in [1.807, 2.05) is 0 Å². The standard InChI is InChI=1S/C11H15N7O6S2/c12-3-4-14-10-16-9(13)17-11(18-10)15-7-5-6(25(19,20)21)1-2-8(7)26(22,23)24/h1-2,5H,3-4,12H2,(H,19,20,21)(H,22,23,24)(H4,13,14,15,16,17,18). The Balaban J connectivity index is 2.52. The minimum Gasteiger partial charge on any atom is -0.368 e. The summed E-state index contributed by atoms with van der Waals surface area (Å²) in [6.45, 7) is 0.592. The van der Waals surface area contributed by atoms with Gasteiger partial charge in [0.2, 0.25) is 17.8 Å². The Morgan fingerprint density at radius 2 is 1.65 bits per heavy atom. The molecule has 0 bridgehead atoms. The third-order valence-electron chi connectivity index (χ3n) is 2.85. The van der Waals surface area contributed by atoms with Gasteiger partial charge in [-0.2, -0.15) is 31.8 Å². The van der Waals surface area contributed by atoms with Gasteiger partial charge in [-0.15, -0.1) is 0 Å². The van der Waals surface area contributed by atoms with Crippen molar-refractivity contribution in [1.29, 1.82) is 0 Å². The summed E-state index contributed by atoms with van der Waals surface area (Å²) in [5, 5.41) is 5.15. The van der Waals surface area contributed by atoms with E-state index in [9.17, 15) is 21.4 Å². The molecule has 2 rings (SSSR count). The van der Waals surface area contributed by atoms with E-state index in [1.165, 1.54) is 0 Å². The molecule has 0 unspecified atom stereocenters. The lowest BCUT2D eigenvalue weighted by molar-refractivity contribution is 0.479. The second-order valence-electron chi connectivity index (χ2n) is 4.79. The van der Waals surface area contributed by atoms with Crippen LogP contribution in [0.1, 0.15) is 0 Å². The highest BCUT2D eigenvalue weighted by Gasteiger charge is 2.20. The number of nitrogens with one attached hydrogen (secondary N) is 2. The SMILES string of the molecule is NCCNc1nc(N)nc(Nc2cc(S(=O)(=O)O)ccc2S(=O)(=O)O)n1. The Morgan fingerprint density at radius 3 is 2.23 bits per heavy atom. The first-order valence-electron chi connectivity index (χ1n) is 6.82. The van der Waals surface area contributed by atoms with Gasteiger partial charge in [-0.25, -0.2) is 0 Å². The van der Waals surface area contributed by atoms with Crippen LogP contribution in [0, 0.1) is 0 Å². The highest BCUT2D eigenvalue weighted by atomic mass is 32.2. The quantitative estimate of drug-likeness (QED) is 0.306. The van der Waals surface area contributed by atoms with Crippen molar-refractivity contribution in [3.8, 4) is 0 Å². The Bertz CT molecular complexity index is 1030. The largest absolute Gasteiger partial charge is 0.368 e. The maximum absolute atomic E-state index is 11.5. The summed E-state index contributed by atoms with van der Waals surface area (Å²) in [6, 6.07) is 2.38. The van der Waals surface area contributed by atoms with E-state index in [2.05, 4.69) is 25.6 Å². The smallest absolute Gasteiger partial charge is 0.296 e. The minimum atomic E-state index is -4.72. The van der Waals surface area contributed by atoms with Gasteiger partial charge in [-0.05, 0) is 18.2 Å². The maximum Gasteiger partial charge on any atom is 0.296 e. The van der Waals surface area contributed by atoms with Crippen LogP contribution in [0.4, 0.5) is 23.5 Å². The van der Waals surface area contributed by atoms with Crippen LogP contribution in [0.5, 0.6) is 0 Å². The lowest BCUT2D eigenvalue weighted by Crippen LogP contribution is -2.16. The number of hydrogen-bond donors (Lipinski definition) is 6. The van der Waals surface area contributed by atoms with Crippen LogP contribution >= 0.6 is 0 Å². The van der Waals surface area contributed by atoms with Gasteiger partial charge in [0.05, 0.1) is 10.6 Å². The van der Waals surface area contributed by atoms with Crippen LogP contribution in [-0.4, -0.2) is 54.0 Å². The number of anilines is 4. The zero-order valence-corrected chi connectivity index (χ0v) is 14.6. The molecule has 26 heavy (non-hydrogen) atoms. The van der Waals surface area contributed by atoms with Crippen LogP contribution in [0.2, 0.25) is 0 Å². The first kappa shape index (κ1) is 19.7. The number of hydrogen-bond acceptors (Lipinski definition) is 11. The summed E-state index contributed by atoms with van der Waals surface area (Å²) in [7, 11) is -9.35. The molecular formula is C11H15N7O6S2. The maximum atomic E-state index is 11.5. The topological polar surface area (TPSA) is 224 Å². The van der Waals surface area contributed by atoms with Crippen molar-refractivity contribution in [2.24, 2.45) is 5.73 Å². The van der Waals surface area contributed by atoms with E-state index in [4.69, 9.17) is 16.0 Å². The van der Waals surface area contributed by atoms with Gasteiger partial charge in [0, 0.05) is 13.1 Å². The Hall–Kier alpha value is -2.59. The molecule has 0 saturated heterocycles. The summed E-state index contributed by atoms with van der Waals surface area (Å²) in [5.74, 6) is -0.430. The molecular weight excluding hydrogens is 390 g/mol. The van der Waals surface area contributed by atoms with Gasteiger partial charge in [0.15, 0.2) is 0 Å². The molecule has 8 N–H and O–H groups in total. The van der Waals surface area contributed by atoms with Gasteiger partial charge < -0.3 is 22.1 Å². The molecule has 1 aromatic heterocycles. The van der Waals surface area contributed by atoms with Crippen LogP contribution in [-0.2, 0) is 20.2 Å². The molecule has 15 heteroatoms. The van der Waals surface area contributed by atoms with E-state index in [0.29, 0.717) is 6.54 Å². The van der Waals surface area contributed by atoms with Crippen molar-refractivity contribution in [2.75, 3.05) is 29.5 Å². The molecule has 0 fully saturated rings. The van der Waals surface area contributed by atoms with Crippen molar-refractivity contribution in [2.45, 2.75) is 9.79 Å². The highest BCUT2D eigenvalue weighted by molar-refractivity contribution is 7.86. The molecule has 0 atom stereocenters. The van der Waals surface area contributed by atoms with Crippen LogP contribution in [0.3, 0.4) is 0 Å². The van der Waals surface area contributed by atoms with Crippen molar-refractivity contribution < 1.29 is 25.9 Å². The monoisotopic (exact) mass is 405 g/mol. The first-order chi connectivity index (χ1) is 12.0. The Labute approximate surface area is 148 Å². The number of nitrogens with two attached hydrogens (primary N) is 2. The normalized spacial score (nSPS) is 12.0. The van der Waals surface area contributed by atoms with Gasteiger partial charge in [0.1, 0.15) is 4.90 Å². The molecule has 0 saturated carbocycles. The summed E-state index contributed by atoms with van der Waals surface area (Å²) in [6.07, 6.45) is 0. The number of rotatable bonds is 7. The second-order valence-corrected chi connectivity index (χ2v) is 7.60. The average Bonchev–Trinajstić information content (AvgIpc) is 2.50. The van der Waals surface area contributed by atoms with E-state index < -0.39 is 35.7 Å². The van der Waals surface area contributed by atoms with Gasteiger partial charge >= 0.3 is 0 Å². The summed E-state index contributed by atoms with van der Waals surface area (Å²) in [4.78, 5) is 10.2. The van der Waals surface area contributed by atoms with E-state index in [1.54, 1.807) is 0 Å². The van der Waals surface area contributed by atoms with Crippen LogP contribution in [0.25, 0.3) is 0 Å². The Kier molecular flexibility index (Phi) is 5.57. The molecule has 2 aromatic rings. The van der Waals surface area contributed by atoms with Crippen molar-refractivity contribution in [1.82, 2.24) is 15.0 Å². The van der Waals surface area contributed by atoms with Crippen molar-refractivity contribution in [3.05, 3.63) is 18.2 Å². The molecule has 0 amide bonds. The third kappa shape index (κ3) is 4.96. The minimum absolute atomic E-state index is 0.0322. The molecule has 0 aliphatic rings. The average molecular weight is 405 g/mol. The predicted octanol–water partition coefficient (Wildman–Crippen LogP) is -0.939. The zero-order valence-electron chi connectivity index (χ0n) is 13.0. The number of nitrogens with zero attached hydrogens (tertiary/aromatic N) is 3. The van der Waals surface area contributed by atoms with Gasteiger partial charge in [-0.1, -0.05) is 0 Å². The molecule has 142 valence electrons. The lowest BCUT2D eigenvalue weighted by atomic mass is 10.3. The molecule has 0 spiro atoms. The lowest BCUT2D eigenvalue weighted by Gasteiger charge is -2.11. The number of aromatic nitrogens is 3. The molecule has 0 aliphatic carbocycles. The second kappa shape index (κ2) is 7.34. The molecule has 0 aliphatic heterocycles. The van der Waals surface area contributed by atoms with Gasteiger partial charge in [0.25, 0.3) is 20.2 Å². The van der Waals surface area contributed by atoms with Crippen molar-refractivity contribution in [3.63, 3.8) is 0 Å². The van der Waals surface area contributed by atoms with Crippen LogP contribution < -0.4 is 22.1 Å². The van der Waals surface area contributed by atoms with Crippen molar-refractivity contribution >= 4 is 43.8 Å². The van der Waals surface area contributed by atoms with E-state index >= 15 is 0 Å². The van der Waals surface area contributed by atoms with E-state index in [0.717, 1.165) is 18.2 Å².